The van der Waals surface area contributed by atoms with Crippen LogP contribution in [0.5, 0.6) is 0 Å². The Morgan fingerprint density at radius 1 is 0.885 bits per heavy atom. The number of hydrogen-bond acceptors (Lipinski definition) is 4. The van der Waals surface area contributed by atoms with E-state index in [2.05, 4.69) is 20.9 Å². The van der Waals surface area contributed by atoms with E-state index < -0.39 is 11.8 Å². The monoisotopic (exact) mass is 354 g/mol. The van der Waals surface area contributed by atoms with Crippen molar-refractivity contribution in [3.63, 3.8) is 0 Å². The smallest absolute Gasteiger partial charge is 0.313 e. The summed E-state index contributed by atoms with van der Waals surface area (Å²) in [6, 6.07) is 10.9. The number of nitrogens with one attached hydrogen (secondary N) is 3. The van der Waals surface area contributed by atoms with Gasteiger partial charge in [0.15, 0.2) is 0 Å². The number of benzene rings is 1. The zero-order valence-electron chi connectivity index (χ0n) is 14.6. The van der Waals surface area contributed by atoms with Gasteiger partial charge in [-0.1, -0.05) is 19.1 Å². The lowest BCUT2D eigenvalue weighted by atomic mass is 10.1. The molecule has 2 rings (SSSR count). The maximum atomic E-state index is 11.8. The van der Waals surface area contributed by atoms with Crippen molar-refractivity contribution < 1.29 is 14.4 Å². The first-order valence-corrected chi connectivity index (χ1v) is 8.42. The average Bonchev–Trinajstić information content (AvgIpc) is 2.67. The number of aromatic nitrogens is 1. The third-order valence-electron chi connectivity index (χ3n) is 3.70. The van der Waals surface area contributed by atoms with Gasteiger partial charge in [0.25, 0.3) is 0 Å². The van der Waals surface area contributed by atoms with Crippen LogP contribution in [0.1, 0.15) is 24.5 Å². The summed E-state index contributed by atoms with van der Waals surface area (Å²) in [5.74, 6) is -1.74. The predicted octanol–water partition coefficient (Wildman–Crippen LogP) is 1.41. The number of nitrogens with zero attached hydrogens (tertiary/aromatic N) is 1. The molecule has 0 aliphatic heterocycles. The van der Waals surface area contributed by atoms with Gasteiger partial charge in [-0.15, -0.1) is 0 Å². The lowest BCUT2D eigenvalue weighted by molar-refractivity contribution is -0.136. The molecule has 136 valence electrons. The normalized spacial score (nSPS) is 10.0. The van der Waals surface area contributed by atoms with E-state index in [1.165, 1.54) is 0 Å². The molecule has 0 atom stereocenters. The summed E-state index contributed by atoms with van der Waals surface area (Å²) in [5, 5.41) is 7.69. The second-order valence-corrected chi connectivity index (χ2v) is 5.64. The minimum Gasteiger partial charge on any atom is -0.352 e. The van der Waals surface area contributed by atoms with Crippen molar-refractivity contribution in [3.05, 3.63) is 59.9 Å². The van der Waals surface area contributed by atoms with E-state index in [-0.39, 0.29) is 18.9 Å². The summed E-state index contributed by atoms with van der Waals surface area (Å²) in [4.78, 5) is 39.2. The molecule has 7 heteroatoms. The highest BCUT2D eigenvalue weighted by Gasteiger charge is 2.13. The minimum absolute atomic E-state index is 0.0865. The van der Waals surface area contributed by atoms with Crippen LogP contribution in [-0.2, 0) is 27.3 Å². The molecular weight excluding hydrogens is 332 g/mol. The minimum atomic E-state index is -0.772. The molecule has 26 heavy (non-hydrogen) atoms. The molecule has 0 unspecified atom stereocenters. The molecule has 0 saturated carbocycles. The molecule has 1 heterocycles. The SMILES string of the molecule is CCc1ccc(NC(=O)C(=O)NCCC(=O)NCc2ccncc2)cc1. The highest BCUT2D eigenvalue weighted by atomic mass is 16.2. The van der Waals surface area contributed by atoms with Crippen LogP contribution in [0, 0.1) is 0 Å². The van der Waals surface area contributed by atoms with Gasteiger partial charge in [-0.05, 0) is 41.8 Å². The zero-order chi connectivity index (χ0) is 18.8. The molecule has 7 nitrogen and oxygen atoms in total. The number of aryl methyl sites for hydroxylation is 1. The first-order valence-electron chi connectivity index (χ1n) is 8.42. The van der Waals surface area contributed by atoms with Gasteiger partial charge in [0.05, 0.1) is 0 Å². The third-order valence-corrected chi connectivity index (χ3v) is 3.70. The molecule has 0 bridgehead atoms. The molecule has 1 aromatic heterocycles. The van der Waals surface area contributed by atoms with Crippen LogP contribution in [0.3, 0.4) is 0 Å². The Morgan fingerprint density at radius 3 is 2.23 bits per heavy atom. The Balaban J connectivity index is 1.66. The van der Waals surface area contributed by atoms with Gasteiger partial charge in [0.2, 0.25) is 5.91 Å². The fourth-order valence-electron chi connectivity index (χ4n) is 2.17. The molecule has 1 aromatic carbocycles. The predicted molar refractivity (Wildman–Crippen MR) is 98.2 cm³/mol. The van der Waals surface area contributed by atoms with Crippen LogP contribution < -0.4 is 16.0 Å². The van der Waals surface area contributed by atoms with Gasteiger partial charge in [-0.25, -0.2) is 0 Å². The molecule has 0 saturated heterocycles. The van der Waals surface area contributed by atoms with E-state index >= 15 is 0 Å². The maximum absolute atomic E-state index is 11.8. The van der Waals surface area contributed by atoms with Gasteiger partial charge in [0.1, 0.15) is 0 Å². The molecule has 0 aliphatic rings. The van der Waals surface area contributed by atoms with Crippen LogP contribution in [0.15, 0.2) is 48.8 Å². The molecule has 0 fully saturated rings. The molecule has 0 radical (unpaired) electrons. The van der Waals surface area contributed by atoms with Crippen molar-refractivity contribution in [1.82, 2.24) is 15.6 Å². The first-order chi connectivity index (χ1) is 12.6. The highest BCUT2D eigenvalue weighted by molar-refractivity contribution is 6.39. The molecule has 3 amide bonds. The lowest BCUT2D eigenvalue weighted by Crippen LogP contribution is -2.37. The van der Waals surface area contributed by atoms with Crippen LogP contribution >= 0.6 is 0 Å². The van der Waals surface area contributed by atoms with Crippen molar-refractivity contribution in [3.8, 4) is 0 Å². The number of carbonyl (C=O) groups excluding carboxylic acids is 3. The maximum Gasteiger partial charge on any atom is 0.313 e. The van der Waals surface area contributed by atoms with Crippen LogP contribution in [-0.4, -0.2) is 29.3 Å². The second kappa shape index (κ2) is 9.93. The van der Waals surface area contributed by atoms with Crippen molar-refractivity contribution in [2.45, 2.75) is 26.3 Å². The summed E-state index contributed by atoms with van der Waals surface area (Å²) in [5.41, 5.74) is 2.63. The van der Waals surface area contributed by atoms with Gasteiger partial charge < -0.3 is 16.0 Å². The molecule has 3 N–H and O–H groups in total. The Labute approximate surface area is 152 Å². The Kier molecular flexibility index (Phi) is 7.30. The van der Waals surface area contributed by atoms with Gasteiger partial charge >= 0.3 is 11.8 Å². The number of anilines is 1. The van der Waals surface area contributed by atoms with Crippen molar-refractivity contribution in [2.75, 3.05) is 11.9 Å². The molecule has 2 aromatic rings. The second-order valence-electron chi connectivity index (χ2n) is 5.64. The molecule has 0 aliphatic carbocycles. The zero-order valence-corrected chi connectivity index (χ0v) is 14.6. The highest BCUT2D eigenvalue weighted by Crippen LogP contribution is 2.09. The number of amides is 3. The van der Waals surface area contributed by atoms with Gasteiger partial charge in [-0.2, -0.15) is 0 Å². The quantitative estimate of drug-likeness (QED) is 0.655. The van der Waals surface area contributed by atoms with E-state index in [0.29, 0.717) is 12.2 Å². The molecule has 0 spiro atoms. The van der Waals surface area contributed by atoms with Crippen LogP contribution in [0.4, 0.5) is 5.69 Å². The third kappa shape index (κ3) is 6.35. The Hall–Kier alpha value is -3.22. The van der Waals surface area contributed by atoms with Gasteiger partial charge in [0, 0.05) is 37.6 Å². The fourth-order valence-corrected chi connectivity index (χ4v) is 2.17. The van der Waals surface area contributed by atoms with E-state index in [4.69, 9.17) is 0 Å². The number of rotatable bonds is 7. The number of hydrogen-bond donors (Lipinski definition) is 3. The summed E-state index contributed by atoms with van der Waals surface area (Å²) >= 11 is 0. The van der Waals surface area contributed by atoms with Crippen molar-refractivity contribution in [1.29, 1.82) is 0 Å². The standard InChI is InChI=1S/C19H22N4O3/c1-2-14-3-5-16(6-4-14)23-19(26)18(25)21-12-9-17(24)22-13-15-7-10-20-11-8-15/h3-8,10-11H,2,9,12-13H2,1H3,(H,21,25)(H,22,24)(H,23,26). The first kappa shape index (κ1) is 19.1. The lowest BCUT2D eigenvalue weighted by Gasteiger charge is -2.08. The van der Waals surface area contributed by atoms with Crippen molar-refractivity contribution in [2.24, 2.45) is 0 Å². The van der Waals surface area contributed by atoms with Crippen LogP contribution in [0.2, 0.25) is 0 Å². The summed E-state index contributed by atoms with van der Waals surface area (Å²) in [7, 11) is 0. The molecular formula is C19H22N4O3. The topological polar surface area (TPSA) is 100 Å². The Morgan fingerprint density at radius 2 is 1.58 bits per heavy atom. The van der Waals surface area contributed by atoms with Crippen LogP contribution in [0.25, 0.3) is 0 Å². The number of carbonyl (C=O) groups is 3. The van der Waals surface area contributed by atoms with Crippen molar-refractivity contribution >= 4 is 23.4 Å². The van der Waals surface area contributed by atoms with Gasteiger partial charge in [-0.3, -0.25) is 19.4 Å². The van der Waals surface area contributed by atoms with E-state index in [1.54, 1.807) is 36.7 Å². The van der Waals surface area contributed by atoms with E-state index in [9.17, 15) is 14.4 Å². The van der Waals surface area contributed by atoms with E-state index in [1.807, 2.05) is 19.1 Å². The largest absolute Gasteiger partial charge is 0.352 e. The summed E-state index contributed by atoms with van der Waals surface area (Å²) in [6.07, 6.45) is 4.29. The average molecular weight is 354 g/mol. The Bertz CT molecular complexity index is 745. The fraction of sp³-hybridized carbons (Fsp3) is 0.263. The summed E-state index contributed by atoms with van der Waals surface area (Å²) < 4.78 is 0. The number of pyridine rings is 1. The van der Waals surface area contributed by atoms with E-state index in [0.717, 1.165) is 17.5 Å². The summed E-state index contributed by atoms with van der Waals surface area (Å²) in [6.45, 7) is 2.51.